The van der Waals surface area contributed by atoms with Crippen molar-refractivity contribution in [2.24, 2.45) is 0 Å². The highest BCUT2D eigenvalue weighted by atomic mass is 32.1. The van der Waals surface area contributed by atoms with Crippen LogP contribution < -0.4 is 10.1 Å². The van der Waals surface area contributed by atoms with Gasteiger partial charge in [0.25, 0.3) is 5.91 Å². The van der Waals surface area contributed by atoms with Gasteiger partial charge in [-0.15, -0.1) is 11.3 Å². The topological polar surface area (TPSA) is 75.0 Å². The van der Waals surface area contributed by atoms with Crippen LogP contribution in [0.15, 0.2) is 53.4 Å². The third-order valence-corrected chi connectivity index (χ3v) is 4.92. The van der Waals surface area contributed by atoms with Gasteiger partial charge < -0.3 is 4.74 Å². The van der Waals surface area contributed by atoms with E-state index >= 15 is 0 Å². The predicted molar refractivity (Wildman–Crippen MR) is 112 cm³/mol. The van der Waals surface area contributed by atoms with Gasteiger partial charge in [-0.1, -0.05) is 29.8 Å². The average molecular weight is 389 g/mol. The zero-order valence-electron chi connectivity index (χ0n) is 15.8. The first kappa shape index (κ1) is 19.3. The first-order chi connectivity index (χ1) is 13.5. The van der Waals surface area contributed by atoms with Crippen LogP contribution in [0.1, 0.15) is 16.7 Å². The molecule has 1 heterocycles. The number of methoxy groups -OCH3 is 1. The Hall–Kier alpha value is -3.43. The number of ether oxygens (including phenoxy) is 1. The van der Waals surface area contributed by atoms with Crippen LogP contribution in [0.2, 0.25) is 0 Å². The zero-order valence-corrected chi connectivity index (χ0v) is 16.6. The Kier molecular flexibility index (Phi) is 5.87. The molecule has 0 aliphatic heterocycles. The molecular weight excluding hydrogens is 370 g/mol. The Labute approximate surface area is 167 Å². The Bertz CT molecular complexity index is 1090. The summed E-state index contributed by atoms with van der Waals surface area (Å²) < 4.78 is 5.17. The zero-order chi connectivity index (χ0) is 20.1. The van der Waals surface area contributed by atoms with E-state index in [4.69, 9.17) is 4.74 Å². The number of nitrogens with one attached hydrogen (secondary N) is 1. The standard InChI is InChI=1S/C22H19N3O2S/c1-14-7-8-15(2)19(9-14)20-13-28-22(24-20)25-21(26)17(12-23)10-16-5-4-6-18(11-16)27-3/h4-11,13H,1-3H3,(H,24,25,26)/b17-10+. The van der Waals surface area contributed by atoms with Crippen LogP contribution in [0.5, 0.6) is 5.75 Å². The van der Waals surface area contributed by atoms with E-state index in [1.54, 1.807) is 31.4 Å². The number of nitriles is 1. The minimum atomic E-state index is -0.493. The molecule has 0 aliphatic rings. The number of carbonyl (C=O) groups is 1. The van der Waals surface area contributed by atoms with Gasteiger partial charge in [0, 0.05) is 10.9 Å². The van der Waals surface area contributed by atoms with E-state index in [1.807, 2.05) is 31.4 Å². The highest BCUT2D eigenvalue weighted by Gasteiger charge is 2.13. The van der Waals surface area contributed by atoms with Crippen molar-refractivity contribution in [3.8, 4) is 23.1 Å². The molecule has 0 bridgehead atoms. The number of thiazole rings is 1. The Morgan fingerprint density at radius 1 is 1.25 bits per heavy atom. The van der Waals surface area contributed by atoms with Crippen molar-refractivity contribution in [2.45, 2.75) is 13.8 Å². The minimum absolute atomic E-state index is 0.00302. The Morgan fingerprint density at radius 2 is 2.07 bits per heavy atom. The fourth-order valence-electron chi connectivity index (χ4n) is 2.68. The number of hydrogen-bond donors (Lipinski definition) is 1. The number of benzene rings is 2. The second-order valence-electron chi connectivity index (χ2n) is 6.26. The number of nitrogens with zero attached hydrogens (tertiary/aromatic N) is 2. The lowest BCUT2D eigenvalue weighted by Crippen LogP contribution is -2.13. The summed E-state index contributed by atoms with van der Waals surface area (Å²) in [5, 5.41) is 14.4. The quantitative estimate of drug-likeness (QED) is 0.493. The second-order valence-corrected chi connectivity index (χ2v) is 7.11. The first-order valence-electron chi connectivity index (χ1n) is 8.60. The number of aryl methyl sites for hydroxylation is 2. The van der Waals surface area contributed by atoms with Gasteiger partial charge in [-0.05, 0) is 49.2 Å². The number of rotatable bonds is 5. The molecule has 1 aromatic heterocycles. The maximum Gasteiger partial charge on any atom is 0.268 e. The molecule has 0 saturated heterocycles. The summed E-state index contributed by atoms with van der Waals surface area (Å²) in [6, 6.07) is 15.3. The monoisotopic (exact) mass is 389 g/mol. The van der Waals surface area contributed by atoms with Gasteiger partial charge >= 0.3 is 0 Å². The van der Waals surface area contributed by atoms with Crippen molar-refractivity contribution in [3.63, 3.8) is 0 Å². The van der Waals surface area contributed by atoms with Gasteiger partial charge in [0.2, 0.25) is 0 Å². The lowest BCUT2D eigenvalue weighted by atomic mass is 10.0. The van der Waals surface area contributed by atoms with Crippen LogP contribution >= 0.6 is 11.3 Å². The Morgan fingerprint density at radius 3 is 2.82 bits per heavy atom. The van der Waals surface area contributed by atoms with Gasteiger partial charge in [0.15, 0.2) is 5.13 Å². The molecule has 0 aliphatic carbocycles. The van der Waals surface area contributed by atoms with Crippen molar-refractivity contribution in [3.05, 3.63) is 70.1 Å². The van der Waals surface area contributed by atoms with Crippen molar-refractivity contribution in [1.82, 2.24) is 4.98 Å². The van der Waals surface area contributed by atoms with Crippen LogP contribution in [0, 0.1) is 25.2 Å². The molecule has 6 heteroatoms. The Balaban J connectivity index is 1.80. The van der Waals surface area contributed by atoms with Crippen molar-refractivity contribution in [1.29, 1.82) is 5.26 Å². The molecule has 3 rings (SSSR count). The molecule has 0 unspecified atom stereocenters. The summed E-state index contributed by atoms with van der Waals surface area (Å²) in [7, 11) is 1.57. The summed E-state index contributed by atoms with van der Waals surface area (Å²) in [6.07, 6.45) is 1.52. The third-order valence-electron chi connectivity index (χ3n) is 4.16. The van der Waals surface area contributed by atoms with Gasteiger partial charge in [-0.2, -0.15) is 5.26 Å². The van der Waals surface area contributed by atoms with Gasteiger partial charge in [-0.25, -0.2) is 4.98 Å². The first-order valence-corrected chi connectivity index (χ1v) is 9.48. The van der Waals surface area contributed by atoms with E-state index in [2.05, 4.69) is 22.4 Å². The maximum absolute atomic E-state index is 12.5. The number of anilines is 1. The molecule has 0 saturated carbocycles. The fraction of sp³-hybridized carbons (Fsp3) is 0.136. The molecule has 5 nitrogen and oxygen atoms in total. The lowest BCUT2D eigenvalue weighted by Gasteiger charge is -2.04. The second kappa shape index (κ2) is 8.51. The SMILES string of the molecule is COc1cccc(/C=C(\C#N)C(=O)Nc2nc(-c3cc(C)ccc3C)cs2)c1. The summed E-state index contributed by atoms with van der Waals surface area (Å²) in [5.41, 5.74) is 4.80. The van der Waals surface area contributed by atoms with Gasteiger partial charge in [0.1, 0.15) is 17.4 Å². The average Bonchev–Trinajstić information content (AvgIpc) is 3.16. The van der Waals surface area contributed by atoms with E-state index in [1.165, 1.54) is 17.4 Å². The van der Waals surface area contributed by atoms with Crippen LogP contribution in [0.3, 0.4) is 0 Å². The predicted octanol–water partition coefficient (Wildman–Crippen LogP) is 4.98. The third kappa shape index (κ3) is 4.45. The number of amides is 1. The van der Waals surface area contributed by atoms with Crippen LogP contribution in [0.25, 0.3) is 17.3 Å². The van der Waals surface area contributed by atoms with Crippen molar-refractivity contribution >= 4 is 28.5 Å². The molecule has 140 valence electrons. The van der Waals surface area contributed by atoms with E-state index in [9.17, 15) is 10.1 Å². The van der Waals surface area contributed by atoms with Crippen LogP contribution in [-0.2, 0) is 4.79 Å². The minimum Gasteiger partial charge on any atom is -0.497 e. The smallest absolute Gasteiger partial charge is 0.268 e. The molecular formula is C22H19N3O2S. The van der Waals surface area contributed by atoms with Gasteiger partial charge in [0.05, 0.1) is 12.8 Å². The maximum atomic E-state index is 12.5. The van der Waals surface area contributed by atoms with Crippen LogP contribution in [0.4, 0.5) is 5.13 Å². The molecule has 28 heavy (non-hydrogen) atoms. The molecule has 2 aromatic carbocycles. The number of hydrogen-bond acceptors (Lipinski definition) is 5. The summed E-state index contributed by atoms with van der Waals surface area (Å²) in [6.45, 7) is 4.05. The lowest BCUT2D eigenvalue weighted by molar-refractivity contribution is -0.112. The molecule has 1 N–H and O–H groups in total. The van der Waals surface area contributed by atoms with E-state index in [-0.39, 0.29) is 5.57 Å². The van der Waals surface area contributed by atoms with E-state index < -0.39 is 5.91 Å². The van der Waals surface area contributed by atoms with Crippen molar-refractivity contribution in [2.75, 3.05) is 12.4 Å². The molecule has 0 spiro atoms. The van der Waals surface area contributed by atoms with E-state index in [0.717, 1.165) is 22.4 Å². The van der Waals surface area contributed by atoms with Gasteiger partial charge in [-0.3, -0.25) is 10.1 Å². The molecule has 0 fully saturated rings. The number of aromatic nitrogens is 1. The fourth-order valence-corrected chi connectivity index (χ4v) is 3.38. The van der Waals surface area contributed by atoms with E-state index in [0.29, 0.717) is 16.4 Å². The summed E-state index contributed by atoms with van der Waals surface area (Å²) >= 11 is 1.33. The highest BCUT2D eigenvalue weighted by molar-refractivity contribution is 7.14. The largest absolute Gasteiger partial charge is 0.497 e. The van der Waals surface area contributed by atoms with Crippen molar-refractivity contribution < 1.29 is 9.53 Å². The normalized spacial score (nSPS) is 11.0. The summed E-state index contributed by atoms with van der Waals surface area (Å²) in [5.74, 6) is 0.164. The molecule has 0 radical (unpaired) electrons. The summed E-state index contributed by atoms with van der Waals surface area (Å²) in [4.78, 5) is 17.0. The van der Waals surface area contributed by atoms with Crippen LogP contribution in [-0.4, -0.2) is 18.0 Å². The highest BCUT2D eigenvalue weighted by Crippen LogP contribution is 2.28. The number of carbonyl (C=O) groups excluding carboxylic acids is 1. The molecule has 0 atom stereocenters. The molecule has 1 amide bonds. The molecule has 3 aromatic rings.